The summed E-state index contributed by atoms with van der Waals surface area (Å²) in [4.78, 5) is 15.2. The molecule has 0 bridgehead atoms. The molecular formula is C15H17FN2O. The molecule has 2 heterocycles. The molecule has 3 nitrogen and oxygen atoms in total. The lowest BCUT2D eigenvalue weighted by Crippen LogP contribution is -2.38. The molecule has 1 atom stereocenters. The number of aromatic nitrogens is 1. The predicted octanol–water partition coefficient (Wildman–Crippen LogP) is 2.34. The highest BCUT2D eigenvalue weighted by molar-refractivity contribution is 5.87. The van der Waals surface area contributed by atoms with Crippen LogP contribution in [0.1, 0.15) is 17.7 Å². The topological polar surface area (TPSA) is 44.9 Å². The number of benzene rings is 1. The van der Waals surface area contributed by atoms with Gasteiger partial charge in [0, 0.05) is 42.0 Å². The third-order valence-electron chi connectivity index (χ3n) is 3.93. The fourth-order valence-corrected chi connectivity index (χ4v) is 2.86. The molecule has 1 aliphatic rings. The van der Waals surface area contributed by atoms with Crippen molar-refractivity contribution in [2.75, 3.05) is 13.1 Å². The Labute approximate surface area is 111 Å². The number of ketones is 1. The molecule has 100 valence electrons. The lowest BCUT2D eigenvalue weighted by Gasteiger charge is -2.21. The number of piperidine rings is 1. The minimum Gasteiger partial charge on any atom is -0.358 e. The van der Waals surface area contributed by atoms with E-state index in [2.05, 4.69) is 10.3 Å². The van der Waals surface area contributed by atoms with Gasteiger partial charge in [-0.3, -0.25) is 4.79 Å². The number of hydrogen-bond acceptors (Lipinski definition) is 2. The number of hydrogen-bond donors (Lipinski definition) is 2. The van der Waals surface area contributed by atoms with Crippen LogP contribution in [-0.2, 0) is 11.2 Å². The van der Waals surface area contributed by atoms with Crippen LogP contribution in [-0.4, -0.2) is 23.9 Å². The zero-order valence-corrected chi connectivity index (χ0v) is 10.9. The van der Waals surface area contributed by atoms with Gasteiger partial charge in [0.25, 0.3) is 0 Å². The van der Waals surface area contributed by atoms with Gasteiger partial charge < -0.3 is 10.3 Å². The van der Waals surface area contributed by atoms with E-state index in [4.69, 9.17) is 0 Å². The molecule has 19 heavy (non-hydrogen) atoms. The number of rotatable bonds is 2. The molecule has 0 radical (unpaired) electrons. The fraction of sp³-hybridized carbons (Fsp3) is 0.400. The van der Waals surface area contributed by atoms with Crippen LogP contribution in [0.25, 0.3) is 10.9 Å². The Morgan fingerprint density at radius 2 is 2.26 bits per heavy atom. The van der Waals surface area contributed by atoms with E-state index in [0.29, 0.717) is 18.6 Å². The third kappa shape index (κ3) is 2.28. The highest BCUT2D eigenvalue weighted by Gasteiger charge is 2.24. The summed E-state index contributed by atoms with van der Waals surface area (Å²) in [5.41, 5.74) is 3.03. The standard InChI is InChI=1S/C15H17FN2O/c1-9-12(6-10-8-17-5-4-15(10)19)13-7-11(16)2-3-14(13)18-9/h2-3,7,10,17-18H,4-6,8H2,1H3. The first-order chi connectivity index (χ1) is 9.15. The lowest BCUT2D eigenvalue weighted by molar-refractivity contribution is -0.123. The zero-order chi connectivity index (χ0) is 13.4. The van der Waals surface area contributed by atoms with Crippen molar-refractivity contribution in [2.45, 2.75) is 19.8 Å². The van der Waals surface area contributed by atoms with Gasteiger partial charge in [0.15, 0.2) is 0 Å². The van der Waals surface area contributed by atoms with Crippen molar-refractivity contribution in [2.24, 2.45) is 5.92 Å². The molecule has 0 spiro atoms. The Balaban J connectivity index is 1.97. The molecule has 1 fully saturated rings. The Kier molecular flexibility index (Phi) is 3.11. The van der Waals surface area contributed by atoms with Crippen LogP contribution in [0, 0.1) is 18.7 Å². The van der Waals surface area contributed by atoms with Gasteiger partial charge in [0.1, 0.15) is 11.6 Å². The average Bonchev–Trinajstić information content (AvgIpc) is 2.69. The van der Waals surface area contributed by atoms with E-state index < -0.39 is 0 Å². The van der Waals surface area contributed by atoms with Crippen molar-refractivity contribution < 1.29 is 9.18 Å². The molecule has 1 aromatic carbocycles. The molecule has 1 aromatic heterocycles. The van der Waals surface area contributed by atoms with Crippen molar-refractivity contribution in [3.63, 3.8) is 0 Å². The minimum atomic E-state index is -0.235. The second kappa shape index (κ2) is 4.78. The first-order valence-electron chi connectivity index (χ1n) is 6.65. The minimum absolute atomic E-state index is 0.00900. The van der Waals surface area contributed by atoms with Crippen molar-refractivity contribution in [3.05, 3.63) is 35.3 Å². The normalized spacial score (nSPS) is 20.1. The Morgan fingerprint density at radius 1 is 1.42 bits per heavy atom. The van der Waals surface area contributed by atoms with E-state index in [9.17, 15) is 9.18 Å². The Bertz CT molecular complexity index is 632. The second-order valence-electron chi connectivity index (χ2n) is 5.24. The van der Waals surface area contributed by atoms with Crippen LogP contribution < -0.4 is 5.32 Å². The SMILES string of the molecule is Cc1[nH]c2ccc(F)cc2c1CC1CNCCC1=O. The van der Waals surface area contributed by atoms with Crippen LogP contribution in [0.3, 0.4) is 0 Å². The maximum absolute atomic E-state index is 13.4. The van der Waals surface area contributed by atoms with Gasteiger partial charge in [-0.1, -0.05) is 0 Å². The number of H-pyrrole nitrogens is 1. The van der Waals surface area contributed by atoms with Crippen LogP contribution in [0.5, 0.6) is 0 Å². The smallest absolute Gasteiger partial charge is 0.138 e. The summed E-state index contributed by atoms with van der Waals surface area (Å²) in [5, 5.41) is 4.15. The number of fused-ring (bicyclic) bond motifs is 1. The Morgan fingerprint density at radius 3 is 3.05 bits per heavy atom. The van der Waals surface area contributed by atoms with E-state index in [0.717, 1.165) is 35.2 Å². The molecule has 1 aliphatic heterocycles. The third-order valence-corrected chi connectivity index (χ3v) is 3.93. The fourth-order valence-electron chi connectivity index (χ4n) is 2.86. The summed E-state index contributed by atoms with van der Waals surface area (Å²) in [7, 11) is 0. The molecule has 1 saturated heterocycles. The van der Waals surface area contributed by atoms with Crippen molar-refractivity contribution in [3.8, 4) is 0 Å². The second-order valence-corrected chi connectivity index (χ2v) is 5.24. The number of halogens is 1. The molecule has 0 aliphatic carbocycles. The largest absolute Gasteiger partial charge is 0.358 e. The van der Waals surface area contributed by atoms with Crippen LogP contribution >= 0.6 is 0 Å². The van der Waals surface area contributed by atoms with Crippen molar-refractivity contribution in [1.82, 2.24) is 10.3 Å². The average molecular weight is 260 g/mol. The molecule has 2 aromatic rings. The number of carbonyl (C=O) groups is 1. The monoisotopic (exact) mass is 260 g/mol. The van der Waals surface area contributed by atoms with E-state index in [1.807, 2.05) is 6.92 Å². The number of aryl methyl sites for hydroxylation is 1. The van der Waals surface area contributed by atoms with Gasteiger partial charge in [0.2, 0.25) is 0 Å². The summed E-state index contributed by atoms with van der Waals surface area (Å²) in [6.45, 7) is 3.48. The molecule has 1 unspecified atom stereocenters. The van der Waals surface area contributed by atoms with Gasteiger partial charge in [0.05, 0.1) is 0 Å². The Hall–Kier alpha value is -1.68. The highest BCUT2D eigenvalue weighted by Crippen LogP contribution is 2.26. The van der Waals surface area contributed by atoms with E-state index in [-0.39, 0.29) is 11.7 Å². The van der Waals surface area contributed by atoms with E-state index in [1.165, 1.54) is 6.07 Å². The summed E-state index contributed by atoms with van der Waals surface area (Å²) in [5.74, 6) is 0.0828. The number of nitrogens with one attached hydrogen (secondary N) is 2. The molecule has 3 rings (SSSR count). The summed E-state index contributed by atoms with van der Waals surface area (Å²) in [6, 6.07) is 4.76. The molecule has 0 amide bonds. The lowest BCUT2D eigenvalue weighted by atomic mass is 9.90. The number of carbonyl (C=O) groups excluding carboxylic acids is 1. The van der Waals surface area contributed by atoms with Gasteiger partial charge in [-0.2, -0.15) is 0 Å². The van der Waals surface area contributed by atoms with E-state index >= 15 is 0 Å². The van der Waals surface area contributed by atoms with Gasteiger partial charge in [-0.15, -0.1) is 0 Å². The number of Topliss-reactive ketones (excluding diaryl/α,β-unsaturated/α-hetero) is 1. The van der Waals surface area contributed by atoms with Gasteiger partial charge >= 0.3 is 0 Å². The molecule has 4 heteroatoms. The van der Waals surface area contributed by atoms with Gasteiger partial charge in [-0.25, -0.2) is 4.39 Å². The van der Waals surface area contributed by atoms with Crippen LogP contribution in [0.4, 0.5) is 4.39 Å². The number of aromatic amines is 1. The summed E-state index contributed by atoms with van der Waals surface area (Å²) >= 11 is 0. The highest BCUT2D eigenvalue weighted by atomic mass is 19.1. The molecule has 2 N–H and O–H groups in total. The van der Waals surface area contributed by atoms with Crippen molar-refractivity contribution >= 4 is 16.7 Å². The first-order valence-corrected chi connectivity index (χ1v) is 6.65. The van der Waals surface area contributed by atoms with Gasteiger partial charge in [-0.05, 0) is 37.1 Å². The van der Waals surface area contributed by atoms with E-state index in [1.54, 1.807) is 12.1 Å². The first kappa shape index (κ1) is 12.4. The molecular weight excluding hydrogens is 243 g/mol. The maximum atomic E-state index is 13.4. The van der Waals surface area contributed by atoms with Crippen LogP contribution in [0.15, 0.2) is 18.2 Å². The van der Waals surface area contributed by atoms with Crippen LogP contribution in [0.2, 0.25) is 0 Å². The maximum Gasteiger partial charge on any atom is 0.138 e. The summed E-state index contributed by atoms with van der Waals surface area (Å²) < 4.78 is 13.4. The zero-order valence-electron chi connectivity index (χ0n) is 10.9. The predicted molar refractivity (Wildman–Crippen MR) is 72.7 cm³/mol. The summed E-state index contributed by atoms with van der Waals surface area (Å²) in [6.07, 6.45) is 1.28. The van der Waals surface area contributed by atoms with Crippen molar-refractivity contribution in [1.29, 1.82) is 0 Å². The molecule has 0 saturated carbocycles. The quantitative estimate of drug-likeness (QED) is 0.870.